The van der Waals surface area contributed by atoms with E-state index in [9.17, 15) is 4.79 Å². The summed E-state index contributed by atoms with van der Waals surface area (Å²) < 4.78 is 16.3. The highest BCUT2D eigenvalue weighted by molar-refractivity contribution is 5.96. The van der Waals surface area contributed by atoms with E-state index in [-0.39, 0.29) is 12.7 Å². The SMILES string of the molecule is COc1cc2c(cc1-c1cccc(C(=O)NC3CC3)c1)OCO2. The molecule has 118 valence electrons. The van der Waals surface area contributed by atoms with Crippen molar-refractivity contribution in [2.24, 2.45) is 0 Å². The van der Waals surface area contributed by atoms with Crippen LogP contribution >= 0.6 is 0 Å². The zero-order chi connectivity index (χ0) is 15.8. The number of carbonyl (C=O) groups is 1. The molecule has 1 fully saturated rings. The number of benzene rings is 2. The Bertz CT molecular complexity index is 768. The van der Waals surface area contributed by atoms with Crippen LogP contribution in [0.1, 0.15) is 23.2 Å². The molecule has 1 aliphatic carbocycles. The molecule has 1 saturated carbocycles. The van der Waals surface area contributed by atoms with Gasteiger partial charge in [0.25, 0.3) is 5.91 Å². The summed E-state index contributed by atoms with van der Waals surface area (Å²) in [6, 6.07) is 11.6. The molecule has 0 saturated heterocycles. The predicted octanol–water partition coefficient (Wildman–Crippen LogP) is 2.98. The molecule has 1 amide bonds. The number of hydrogen-bond acceptors (Lipinski definition) is 4. The minimum atomic E-state index is -0.0333. The Balaban J connectivity index is 1.71. The monoisotopic (exact) mass is 311 g/mol. The van der Waals surface area contributed by atoms with E-state index in [1.54, 1.807) is 7.11 Å². The number of fused-ring (bicyclic) bond motifs is 1. The Kier molecular flexibility index (Phi) is 3.33. The highest BCUT2D eigenvalue weighted by atomic mass is 16.7. The number of carbonyl (C=O) groups excluding carboxylic acids is 1. The third-order valence-electron chi connectivity index (χ3n) is 4.04. The van der Waals surface area contributed by atoms with Crippen molar-refractivity contribution in [3.8, 4) is 28.4 Å². The highest BCUT2D eigenvalue weighted by Crippen LogP contribution is 2.42. The van der Waals surface area contributed by atoms with Crippen LogP contribution in [0.5, 0.6) is 17.2 Å². The average molecular weight is 311 g/mol. The van der Waals surface area contributed by atoms with Crippen LogP contribution in [0, 0.1) is 0 Å². The van der Waals surface area contributed by atoms with E-state index in [4.69, 9.17) is 14.2 Å². The van der Waals surface area contributed by atoms with Gasteiger partial charge in [-0.05, 0) is 36.6 Å². The van der Waals surface area contributed by atoms with Crippen LogP contribution in [0.15, 0.2) is 36.4 Å². The van der Waals surface area contributed by atoms with Gasteiger partial charge in [-0.15, -0.1) is 0 Å². The number of amides is 1. The first kappa shape index (κ1) is 13.9. The lowest BCUT2D eigenvalue weighted by molar-refractivity contribution is 0.0951. The molecule has 5 heteroatoms. The van der Waals surface area contributed by atoms with Gasteiger partial charge in [-0.25, -0.2) is 0 Å². The molecule has 0 bridgehead atoms. The summed E-state index contributed by atoms with van der Waals surface area (Å²) in [4.78, 5) is 12.2. The van der Waals surface area contributed by atoms with E-state index in [0.717, 1.165) is 24.0 Å². The van der Waals surface area contributed by atoms with E-state index >= 15 is 0 Å². The molecular weight excluding hydrogens is 294 g/mol. The van der Waals surface area contributed by atoms with Crippen LogP contribution in [0.3, 0.4) is 0 Å². The van der Waals surface area contributed by atoms with Crippen LogP contribution in [0.2, 0.25) is 0 Å². The summed E-state index contributed by atoms with van der Waals surface area (Å²) in [6.07, 6.45) is 2.14. The van der Waals surface area contributed by atoms with Crippen molar-refractivity contribution in [3.05, 3.63) is 42.0 Å². The van der Waals surface area contributed by atoms with Crippen molar-refractivity contribution in [2.45, 2.75) is 18.9 Å². The third-order valence-corrected chi connectivity index (χ3v) is 4.04. The van der Waals surface area contributed by atoms with Crippen LogP contribution < -0.4 is 19.5 Å². The Morgan fingerprint density at radius 1 is 1.17 bits per heavy atom. The second kappa shape index (κ2) is 5.50. The van der Waals surface area contributed by atoms with Gasteiger partial charge >= 0.3 is 0 Å². The summed E-state index contributed by atoms with van der Waals surface area (Å²) in [5, 5.41) is 3.00. The maximum absolute atomic E-state index is 12.2. The Hall–Kier alpha value is -2.69. The largest absolute Gasteiger partial charge is 0.496 e. The summed E-state index contributed by atoms with van der Waals surface area (Å²) in [7, 11) is 1.62. The molecule has 1 heterocycles. The first-order valence-corrected chi connectivity index (χ1v) is 7.63. The molecule has 0 atom stereocenters. The Morgan fingerprint density at radius 2 is 1.96 bits per heavy atom. The molecular formula is C18H17NO4. The van der Waals surface area contributed by atoms with Crippen LogP contribution in [0.4, 0.5) is 0 Å². The molecule has 0 spiro atoms. The predicted molar refractivity (Wildman–Crippen MR) is 85.0 cm³/mol. The summed E-state index contributed by atoms with van der Waals surface area (Å²) in [5.74, 6) is 2.02. The van der Waals surface area contributed by atoms with E-state index < -0.39 is 0 Å². The molecule has 0 unspecified atom stereocenters. The zero-order valence-electron chi connectivity index (χ0n) is 12.8. The third kappa shape index (κ3) is 2.70. The normalized spacial score (nSPS) is 15.3. The van der Waals surface area contributed by atoms with Crippen molar-refractivity contribution in [1.29, 1.82) is 0 Å². The van der Waals surface area contributed by atoms with E-state index in [0.29, 0.717) is 28.9 Å². The van der Waals surface area contributed by atoms with Gasteiger partial charge in [0.15, 0.2) is 11.5 Å². The van der Waals surface area contributed by atoms with Gasteiger partial charge in [0, 0.05) is 23.2 Å². The fourth-order valence-corrected chi connectivity index (χ4v) is 2.64. The molecule has 1 N–H and O–H groups in total. The number of ether oxygens (including phenoxy) is 3. The van der Waals surface area contributed by atoms with E-state index in [2.05, 4.69) is 5.32 Å². The maximum atomic E-state index is 12.2. The molecule has 2 aromatic carbocycles. The number of nitrogens with one attached hydrogen (secondary N) is 1. The van der Waals surface area contributed by atoms with Gasteiger partial charge in [0.05, 0.1) is 7.11 Å². The molecule has 23 heavy (non-hydrogen) atoms. The van der Waals surface area contributed by atoms with Gasteiger partial charge in [-0.3, -0.25) is 4.79 Å². The Labute approximate surface area is 134 Å². The lowest BCUT2D eigenvalue weighted by Crippen LogP contribution is -2.25. The summed E-state index contributed by atoms with van der Waals surface area (Å²) >= 11 is 0. The Morgan fingerprint density at radius 3 is 2.70 bits per heavy atom. The minimum Gasteiger partial charge on any atom is -0.496 e. The minimum absolute atomic E-state index is 0.0333. The van der Waals surface area contributed by atoms with Crippen LogP contribution in [-0.4, -0.2) is 25.9 Å². The van der Waals surface area contributed by atoms with Gasteiger partial charge in [0.1, 0.15) is 5.75 Å². The van der Waals surface area contributed by atoms with Crippen LogP contribution in [-0.2, 0) is 0 Å². The fraction of sp³-hybridized carbons (Fsp3) is 0.278. The van der Waals surface area contributed by atoms with Crippen molar-refractivity contribution in [3.63, 3.8) is 0 Å². The van der Waals surface area contributed by atoms with E-state index in [1.165, 1.54) is 0 Å². The molecule has 4 rings (SSSR count). The smallest absolute Gasteiger partial charge is 0.251 e. The lowest BCUT2D eigenvalue weighted by atomic mass is 10.0. The lowest BCUT2D eigenvalue weighted by Gasteiger charge is -2.11. The summed E-state index contributed by atoms with van der Waals surface area (Å²) in [5.41, 5.74) is 2.43. The molecule has 2 aromatic rings. The van der Waals surface area contributed by atoms with Crippen molar-refractivity contribution < 1.29 is 19.0 Å². The highest BCUT2D eigenvalue weighted by Gasteiger charge is 2.24. The molecule has 2 aliphatic rings. The number of hydrogen-bond donors (Lipinski definition) is 1. The topological polar surface area (TPSA) is 56.8 Å². The van der Waals surface area contributed by atoms with Gasteiger partial charge in [-0.2, -0.15) is 0 Å². The average Bonchev–Trinajstić information content (AvgIpc) is 3.27. The fourth-order valence-electron chi connectivity index (χ4n) is 2.64. The van der Waals surface area contributed by atoms with Gasteiger partial charge < -0.3 is 19.5 Å². The quantitative estimate of drug-likeness (QED) is 0.943. The summed E-state index contributed by atoms with van der Waals surface area (Å²) in [6.45, 7) is 0.214. The second-order valence-electron chi connectivity index (χ2n) is 5.73. The molecule has 0 aromatic heterocycles. The van der Waals surface area contributed by atoms with Gasteiger partial charge in [-0.1, -0.05) is 12.1 Å². The number of methoxy groups -OCH3 is 1. The zero-order valence-corrected chi connectivity index (χ0v) is 12.8. The molecule has 1 aliphatic heterocycles. The van der Waals surface area contributed by atoms with Crippen molar-refractivity contribution in [1.82, 2.24) is 5.32 Å². The van der Waals surface area contributed by atoms with Crippen molar-refractivity contribution in [2.75, 3.05) is 13.9 Å². The van der Waals surface area contributed by atoms with E-state index in [1.807, 2.05) is 36.4 Å². The van der Waals surface area contributed by atoms with Crippen LogP contribution in [0.25, 0.3) is 11.1 Å². The standard InChI is InChI=1S/C18H17NO4/c1-21-15-9-17-16(22-10-23-17)8-14(15)11-3-2-4-12(7-11)18(20)19-13-5-6-13/h2-4,7-9,13H,5-6,10H2,1H3,(H,19,20). The first-order valence-electron chi connectivity index (χ1n) is 7.63. The number of rotatable bonds is 4. The molecule has 5 nitrogen and oxygen atoms in total. The van der Waals surface area contributed by atoms with Crippen molar-refractivity contribution >= 4 is 5.91 Å². The molecule has 0 radical (unpaired) electrons. The van der Waals surface area contributed by atoms with Gasteiger partial charge in [0.2, 0.25) is 6.79 Å². The maximum Gasteiger partial charge on any atom is 0.251 e. The second-order valence-corrected chi connectivity index (χ2v) is 5.73. The first-order chi connectivity index (χ1) is 11.2.